The van der Waals surface area contributed by atoms with E-state index in [0.29, 0.717) is 19.1 Å². The standard InChI is InChI=1S/C39H47ClN6O2/c1-3-44(4-2)23-5-26-47-36-16-12-34(13-17-36)46-28-37(43-39(46)32-18-24-45(25-19-32)29-38-41-21-22-42-38)31-8-14-35(15-9-31)48-27-20-30-6-10-33(40)11-7-30/h6-17,21-22,28,32H,3-5,18-20,23-27,29H2,1-2H3,(H,41,42). The van der Waals surface area contributed by atoms with Gasteiger partial charge in [0.25, 0.3) is 0 Å². The molecule has 2 aromatic heterocycles. The molecule has 8 nitrogen and oxygen atoms in total. The van der Waals surface area contributed by atoms with Gasteiger partial charge in [0, 0.05) is 53.7 Å². The molecule has 1 aliphatic heterocycles. The number of H-pyrrole nitrogens is 1. The van der Waals surface area contributed by atoms with Crippen LogP contribution in [0.3, 0.4) is 0 Å². The predicted octanol–water partition coefficient (Wildman–Crippen LogP) is 8.03. The summed E-state index contributed by atoms with van der Waals surface area (Å²) in [5, 5.41) is 0.749. The molecular weight excluding hydrogens is 620 g/mol. The minimum Gasteiger partial charge on any atom is -0.494 e. The zero-order valence-electron chi connectivity index (χ0n) is 28.2. The summed E-state index contributed by atoms with van der Waals surface area (Å²) in [5.41, 5.74) is 4.34. The Morgan fingerprint density at radius 3 is 2.23 bits per heavy atom. The second-order valence-corrected chi connectivity index (χ2v) is 12.8. The smallest absolute Gasteiger partial charge is 0.120 e. The molecule has 0 spiro atoms. The molecule has 0 atom stereocenters. The van der Waals surface area contributed by atoms with Gasteiger partial charge in [0.15, 0.2) is 0 Å². The predicted molar refractivity (Wildman–Crippen MR) is 193 cm³/mol. The second-order valence-electron chi connectivity index (χ2n) is 12.4. The Kier molecular flexibility index (Phi) is 11.8. The van der Waals surface area contributed by atoms with Crippen LogP contribution in [0.1, 0.15) is 56.2 Å². The lowest BCUT2D eigenvalue weighted by Gasteiger charge is -2.31. The number of benzene rings is 3. The molecule has 48 heavy (non-hydrogen) atoms. The maximum atomic E-state index is 6.10. The van der Waals surface area contributed by atoms with Crippen molar-refractivity contribution in [1.29, 1.82) is 0 Å². The summed E-state index contributed by atoms with van der Waals surface area (Å²) >= 11 is 6.02. The molecule has 1 fully saturated rings. The van der Waals surface area contributed by atoms with Crippen LogP contribution in [-0.4, -0.2) is 75.3 Å². The highest BCUT2D eigenvalue weighted by molar-refractivity contribution is 6.30. The Morgan fingerprint density at radius 2 is 1.56 bits per heavy atom. The highest BCUT2D eigenvalue weighted by Gasteiger charge is 2.26. The van der Waals surface area contributed by atoms with E-state index in [9.17, 15) is 0 Å². The molecule has 0 aliphatic carbocycles. The molecule has 6 rings (SSSR count). The van der Waals surface area contributed by atoms with Crippen molar-refractivity contribution in [3.63, 3.8) is 0 Å². The van der Waals surface area contributed by atoms with Gasteiger partial charge in [-0.05, 0) is 112 Å². The number of nitrogens with zero attached hydrogens (tertiary/aromatic N) is 5. The van der Waals surface area contributed by atoms with Crippen LogP contribution in [0.5, 0.6) is 11.5 Å². The molecular formula is C39H47ClN6O2. The van der Waals surface area contributed by atoms with E-state index in [-0.39, 0.29) is 0 Å². The van der Waals surface area contributed by atoms with Crippen LogP contribution in [0.2, 0.25) is 5.02 Å². The number of nitrogens with one attached hydrogen (secondary N) is 1. The van der Waals surface area contributed by atoms with Gasteiger partial charge in [-0.2, -0.15) is 0 Å². The first-order valence-corrected chi connectivity index (χ1v) is 17.7. The largest absolute Gasteiger partial charge is 0.494 e. The maximum Gasteiger partial charge on any atom is 0.120 e. The summed E-state index contributed by atoms with van der Waals surface area (Å²) in [5.74, 6) is 4.24. The highest BCUT2D eigenvalue weighted by Crippen LogP contribution is 2.33. The first-order valence-electron chi connectivity index (χ1n) is 17.3. The SMILES string of the molecule is CCN(CC)CCCOc1ccc(-n2cc(-c3ccc(OCCc4ccc(Cl)cc4)cc3)nc2C2CCN(Cc3ncc[nH]3)CC2)cc1. The van der Waals surface area contributed by atoms with Gasteiger partial charge < -0.3 is 23.9 Å². The van der Waals surface area contributed by atoms with Gasteiger partial charge in [0.05, 0.1) is 25.5 Å². The van der Waals surface area contributed by atoms with Crippen molar-refractivity contribution in [3.8, 4) is 28.4 Å². The lowest BCUT2D eigenvalue weighted by Crippen LogP contribution is -2.33. The Hall–Kier alpha value is -4.11. The van der Waals surface area contributed by atoms with E-state index in [4.69, 9.17) is 26.1 Å². The normalized spacial score (nSPS) is 14.1. The van der Waals surface area contributed by atoms with E-state index in [1.165, 1.54) is 5.56 Å². The number of rotatable bonds is 16. The van der Waals surface area contributed by atoms with Gasteiger partial charge in [-0.1, -0.05) is 37.6 Å². The number of imidazole rings is 2. The van der Waals surface area contributed by atoms with Crippen molar-refractivity contribution in [2.75, 3.05) is 45.9 Å². The molecule has 3 heterocycles. The Morgan fingerprint density at radius 1 is 0.875 bits per heavy atom. The molecule has 5 aromatic rings. The maximum absolute atomic E-state index is 6.10. The lowest BCUT2D eigenvalue weighted by molar-refractivity contribution is 0.197. The summed E-state index contributed by atoms with van der Waals surface area (Å²) in [6.45, 7) is 11.8. The first kappa shape index (κ1) is 33.8. The van der Waals surface area contributed by atoms with Crippen molar-refractivity contribution in [2.24, 2.45) is 0 Å². The van der Waals surface area contributed by atoms with E-state index in [1.807, 2.05) is 48.8 Å². The lowest BCUT2D eigenvalue weighted by atomic mass is 9.95. The van der Waals surface area contributed by atoms with E-state index in [0.717, 1.165) is 110 Å². The van der Waals surface area contributed by atoms with Gasteiger partial charge in [-0.15, -0.1) is 0 Å². The average Bonchev–Trinajstić information content (AvgIpc) is 3.81. The number of hydrogen-bond donors (Lipinski definition) is 1. The molecule has 9 heteroatoms. The third-order valence-corrected chi connectivity index (χ3v) is 9.49. The molecule has 0 bridgehead atoms. The van der Waals surface area contributed by atoms with Crippen molar-refractivity contribution < 1.29 is 9.47 Å². The van der Waals surface area contributed by atoms with Crippen LogP contribution in [-0.2, 0) is 13.0 Å². The van der Waals surface area contributed by atoms with E-state index >= 15 is 0 Å². The third-order valence-electron chi connectivity index (χ3n) is 9.23. The number of ether oxygens (including phenoxy) is 2. The fourth-order valence-electron chi connectivity index (χ4n) is 6.35. The minimum absolute atomic E-state index is 0.359. The molecule has 252 valence electrons. The number of aromatic nitrogens is 4. The van der Waals surface area contributed by atoms with Gasteiger partial charge in [-0.3, -0.25) is 4.90 Å². The fraction of sp³-hybridized carbons (Fsp3) is 0.385. The highest BCUT2D eigenvalue weighted by atomic mass is 35.5. The monoisotopic (exact) mass is 666 g/mol. The van der Waals surface area contributed by atoms with E-state index in [1.54, 1.807) is 0 Å². The topological polar surface area (TPSA) is 71.4 Å². The van der Waals surface area contributed by atoms with Crippen molar-refractivity contribution in [2.45, 2.75) is 52.0 Å². The zero-order valence-corrected chi connectivity index (χ0v) is 28.9. The van der Waals surface area contributed by atoms with Crippen molar-refractivity contribution >= 4 is 11.6 Å². The van der Waals surface area contributed by atoms with Gasteiger partial charge in [-0.25, -0.2) is 9.97 Å². The summed E-state index contributed by atoms with van der Waals surface area (Å²) in [6.07, 6.45) is 9.83. The minimum atomic E-state index is 0.359. The van der Waals surface area contributed by atoms with Crippen molar-refractivity contribution in [1.82, 2.24) is 29.3 Å². The number of piperidine rings is 1. The first-order chi connectivity index (χ1) is 23.6. The molecule has 0 saturated carbocycles. The van der Waals surface area contributed by atoms with E-state index < -0.39 is 0 Å². The van der Waals surface area contributed by atoms with Crippen LogP contribution in [0.15, 0.2) is 91.4 Å². The Bertz CT molecular complexity index is 1660. The van der Waals surface area contributed by atoms with Gasteiger partial charge >= 0.3 is 0 Å². The third kappa shape index (κ3) is 9.07. The number of aromatic amines is 1. The molecule has 1 N–H and O–H groups in total. The fourth-order valence-corrected chi connectivity index (χ4v) is 6.48. The Labute approximate surface area is 289 Å². The van der Waals surface area contributed by atoms with Crippen LogP contribution in [0.4, 0.5) is 0 Å². The van der Waals surface area contributed by atoms with Gasteiger partial charge in [0.2, 0.25) is 0 Å². The van der Waals surface area contributed by atoms with Gasteiger partial charge in [0.1, 0.15) is 23.1 Å². The quantitative estimate of drug-likeness (QED) is 0.108. The molecule has 0 amide bonds. The number of likely N-dealkylation sites (tertiary alicyclic amines) is 1. The Balaban J connectivity index is 1.14. The van der Waals surface area contributed by atoms with E-state index in [2.05, 4.69) is 80.8 Å². The second kappa shape index (κ2) is 16.8. The summed E-state index contributed by atoms with van der Waals surface area (Å²) in [4.78, 5) is 17.8. The number of halogens is 1. The molecule has 3 aromatic carbocycles. The summed E-state index contributed by atoms with van der Waals surface area (Å²) in [6, 6.07) is 24.7. The zero-order chi connectivity index (χ0) is 33.1. The number of hydrogen-bond acceptors (Lipinski definition) is 6. The van der Waals surface area contributed by atoms with Crippen LogP contribution < -0.4 is 9.47 Å². The molecule has 1 saturated heterocycles. The molecule has 1 aliphatic rings. The molecule has 0 radical (unpaired) electrons. The van der Waals surface area contributed by atoms with Crippen LogP contribution in [0.25, 0.3) is 16.9 Å². The molecule has 0 unspecified atom stereocenters. The summed E-state index contributed by atoms with van der Waals surface area (Å²) in [7, 11) is 0. The van der Waals surface area contributed by atoms with Crippen molar-refractivity contribution in [3.05, 3.63) is 114 Å². The average molecular weight is 667 g/mol. The summed E-state index contributed by atoms with van der Waals surface area (Å²) < 4.78 is 14.4. The van der Waals surface area contributed by atoms with Crippen LogP contribution in [0, 0.1) is 0 Å². The van der Waals surface area contributed by atoms with Crippen LogP contribution >= 0.6 is 11.6 Å².